The Morgan fingerprint density at radius 2 is 2.55 bits per heavy atom. The molecule has 1 aromatic heterocycles. The first-order chi connectivity index (χ1) is 5.24. The molecule has 1 heterocycles. The van der Waals surface area contributed by atoms with E-state index in [1.165, 1.54) is 22.8 Å². The fraction of sp³-hybridized carbons (Fsp3) is 0.200. The molecule has 60 valence electrons. The maximum atomic E-state index is 10.2. The van der Waals surface area contributed by atoms with Crippen LogP contribution in [0.25, 0.3) is 0 Å². The van der Waals surface area contributed by atoms with Crippen molar-refractivity contribution in [3.8, 4) is 0 Å². The molecule has 0 aromatic carbocycles. The predicted molar refractivity (Wildman–Crippen MR) is 39.9 cm³/mol. The number of nitrogens with zero attached hydrogens (tertiary/aromatic N) is 1. The smallest absolute Gasteiger partial charge is 0.280 e. The summed E-state index contributed by atoms with van der Waals surface area (Å²) in [5.41, 5.74) is 0.0852. The molecule has 11 heavy (non-hydrogen) atoms. The van der Waals surface area contributed by atoms with Gasteiger partial charge < -0.3 is 0 Å². The molecule has 0 atom stereocenters. The van der Waals surface area contributed by atoms with E-state index in [1.807, 2.05) is 0 Å². The maximum Gasteiger partial charge on any atom is 0.280 e. The van der Waals surface area contributed by atoms with Gasteiger partial charge >= 0.3 is 0 Å². The summed E-state index contributed by atoms with van der Waals surface area (Å²) in [7, 11) is 0. The SMILES string of the molecule is NOCc1cc([N+](=O)[O-])cs1. The van der Waals surface area contributed by atoms with Gasteiger partial charge in [-0.15, -0.1) is 11.3 Å². The predicted octanol–water partition coefficient (Wildman–Crippen LogP) is 1.05. The van der Waals surface area contributed by atoms with E-state index in [0.717, 1.165) is 4.88 Å². The second kappa shape index (κ2) is 3.42. The highest BCUT2D eigenvalue weighted by atomic mass is 32.1. The second-order valence-corrected chi connectivity index (χ2v) is 2.84. The van der Waals surface area contributed by atoms with E-state index in [4.69, 9.17) is 5.90 Å². The van der Waals surface area contributed by atoms with Crippen LogP contribution < -0.4 is 5.90 Å². The highest BCUT2D eigenvalue weighted by Crippen LogP contribution is 2.21. The second-order valence-electron chi connectivity index (χ2n) is 1.84. The van der Waals surface area contributed by atoms with Crippen LogP contribution in [0.4, 0.5) is 5.69 Å². The van der Waals surface area contributed by atoms with Crippen LogP contribution in [0.1, 0.15) is 4.88 Å². The fourth-order valence-electron chi connectivity index (χ4n) is 0.623. The van der Waals surface area contributed by atoms with Crippen LogP contribution in [-0.4, -0.2) is 4.92 Å². The van der Waals surface area contributed by atoms with Crippen molar-refractivity contribution in [1.29, 1.82) is 0 Å². The number of nitrogens with two attached hydrogens (primary N) is 1. The van der Waals surface area contributed by atoms with Crippen LogP contribution in [-0.2, 0) is 11.4 Å². The minimum absolute atomic E-state index is 0.0852. The Kier molecular flexibility index (Phi) is 2.53. The average Bonchev–Trinajstić information content (AvgIpc) is 2.37. The number of nitro groups is 1. The Balaban J connectivity index is 2.73. The molecular weight excluding hydrogens is 168 g/mol. The third kappa shape index (κ3) is 1.97. The standard InChI is InChI=1S/C5H6N2O3S/c6-10-2-5-1-4(3-11-5)7(8)9/h1,3H,2,6H2. The minimum Gasteiger partial charge on any atom is -0.299 e. The fourth-order valence-corrected chi connectivity index (χ4v) is 1.37. The van der Waals surface area contributed by atoms with E-state index < -0.39 is 4.92 Å². The number of thiophene rings is 1. The Bertz CT molecular complexity index is 260. The quantitative estimate of drug-likeness (QED) is 0.548. The van der Waals surface area contributed by atoms with Gasteiger partial charge in [-0.3, -0.25) is 15.0 Å². The average molecular weight is 174 g/mol. The third-order valence-corrected chi connectivity index (χ3v) is 1.97. The van der Waals surface area contributed by atoms with Crippen LogP contribution in [0.3, 0.4) is 0 Å². The first-order valence-electron chi connectivity index (χ1n) is 2.77. The Labute approximate surface area is 66.5 Å². The van der Waals surface area contributed by atoms with E-state index in [1.54, 1.807) is 0 Å². The molecule has 0 aliphatic carbocycles. The van der Waals surface area contributed by atoms with Gasteiger partial charge in [0.15, 0.2) is 0 Å². The summed E-state index contributed by atoms with van der Waals surface area (Å²) >= 11 is 1.26. The lowest BCUT2D eigenvalue weighted by Gasteiger charge is -1.88. The molecule has 0 aliphatic heterocycles. The van der Waals surface area contributed by atoms with Crippen LogP contribution in [0.5, 0.6) is 0 Å². The van der Waals surface area contributed by atoms with Gasteiger partial charge in [-0.2, -0.15) is 0 Å². The molecule has 0 amide bonds. The van der Waals surface area contributed by atoms with Gasteiger partial charge in [0.05, 0.1) is 10.3 Å². The lowest BCUT2D eigenvalue weighted by atomic mass is 10.4. The van der Waals surface area contributed by atoms with Gasteiger partial charge in [-0.25, -0.2) is 5.90 Å². The van der Waals surface area contributed by atoms with Crippen molar-refractivity contribution in [2.45, 2.75) is 6.61 Å². The highest BCUT2D eigenvalue weighted by molar-refractivity contribution is 7.10. The summed E-state index contributed by atoms with van der Waals surface area (Å²) < 4.78 is 0. The first kappa shape index (κ1) is 8.12. The Morgan fingerprint density at radius 3 is 3.00 bits per heavy atom. The first-order valence-corrected chi connectivity index (χ1v) is 3.65. The largest absolute Gasteiger partial charge is 0.299 e. The highest BCUT2D eigenvalue weighted by Gasteiger charge is 2.08. The van der Waals surface area contributed by atoms with Crippen molar-refractivity contribution in [2.24, 2.45) is 5.90 Å². The van der Waals surface area contributed by atoms with Gasteiger partial charge in [-0.1, -0.05) is 0 Å². The van der Waals surface area contributed by atoms with Gasteiger partial charge in [0.25, 0.3) is 5.69 Å². The van der Waals surface area contributed by atoms with E-state index in [-0.39, 0.29) is 12.3 Å². The monoisotopic (exact) mass is 174 g/mol. The molecule has 1 aromatic rings. The van der Waals surface area contributed by atoms with Crippen molar-refractivity contribution < 1.29 is 9.76 Å². The van der Waals surface area contributed by atoms with Crippen molar-refractivity contribution in [1.82, 2.24) is 0 Å². The van der Waals surface area contributed by atoms with E-state index in [2.05, 4.69) is 4.84 Å². The van der Waals surface area contributed by atoms with Crippen LogP contribution in [0.15, 0.2) is 11.4 Å². The molecule has 0 radical (unpaired) electrons. The molecule has 0 saturated heterocycles. The number of hydrogen-bond donors (Lipinski definition) is 1. The molecule has 0 bridgehead atoms. The minimum atomic E-state index is -0.448. The topological polar surface area (TPSA) is 78.4 Å². The number of hydrogen-bond acceptors (Lipinski definition) is 5. The van der Waals surface area contributed by atoms with Crippen molar-refractivity contribution in [2.75, 3.05) is 0 Å². The Morgan fingerprint density at radius 1 is 1.82 bits per heavy atom. The molecule has 0 fully saturated rings. The summed E-state index contributed by atoms with van der Waals surface area (Å²) in [6, 6.07) is 1.44. The molecule has 0 aliphatic rings. The van der Waals surface area contributed by atoms with Crippen LogP contribution in [0.2, 0.25) is 0 Å². The zero-order chi connectivity index (χ0) is 8.27. The summed E-state index contributed by atoms with van der Waals surface area (Å²) in [6.45, 7) is 0.221. The van der Waals surface area contributed by atoms with E-state index in [0.29, 0.717) is 0 Å². The van der Waals surface area contributed by atoms with Crippen molar-refractivity contribution in [3.05, 3.63) is 26.4 Å². The van der Waals surface area contributed by atoms with Gasteiger partial charge in [0.1, 0.15) is 6.61 Å². The summed E-state index contributed by atoms with van der Waals surface area (Å²) in [5.74, 6) is 4.78. The maximum absolute atomic E-state index is 10.2. The third-order valence-electron chi connectivity index (χ3n) is 1.08. The van der Waals surface area contributed by atoms with Gasteiger partial charge in [0.2, 0.25) is 0 Å². The normalized spacial score (nSPS) is 9.91. The lowest BCUT2D eigenvalue weighted by molar-refractivity contribution is -0.384. The van der Waals surface area contributed by atoms with Crippen LogP contribution >= 0.6 is 11.3 Å². The zero-order valence-corrected chi connectivity index (χ0v) is 6.34. The Hall–Kier alpha value is -0.980. The zero-order valence-electron chi connectivity index (χ0n) is 5.52. The summed E-state index contributed by atoms with van der Waals surface area (Å²) in [5, 5.41) is 11.6. The molecule has 0 unspecified atom stereocenters. The molecule has 0 saturated carbocycles. The van der Waals surface area contributed by atoms with Crippen molar-refractivity contribution >= 4 is 17.0 Å². The molecule has 6 heteroatoms. The van der Waals surface area contributed by atoms with E-state index in [9.17, 15) is 10.1 Å². The van der Waals surface area contributed by atoms with Crippen LogP contribution in [0, 0.1) is 10.1 Å². The number of rotatable bonds is 3. The van der Waals surface area contributed by atoms with Crippen molar-refractivity contribution in [3.63, 3.8) is 0 Å². The van der Waals surface area contributed by atoms with E-state index >= 15 is 0 Å². The molecule has 1 rings (SSSR count). The summed E-state index contributed by atoms with van der Waals surface area (Å²) in [4.78, 5) is 14.8. The molecular formula is C5H6N2O3S. The van der Waals surface area contributed by atoms with Gasteiger partial charge in [-0.05, 0) is 0 Å². The van der Waals surface area contributed by atoms with Gasteiger partial charge in [0, 0.05) is 10.9 Å². The molecule has 5 nitrogen and oxygen atoms in total. The molecule has 0 spiro atoms. The summed E-state index contributed by atoms with van der Waals surface area (Å²) in [6.07, 6.45) is 0. The lowest BCUT2D eigenvalue weighted by Crippen LogP contribution is -1.96. The molecule has 2 N–H and O–H groups in total.